The molecular weight excluding hydrogens is 394 g/mol. The molecule has 0 fully saturated rings. The molecule has 1 aliphatic rings. The van der Waals surface area contributed by atoms with Gasteiger partial charge in [-0.25, -0.2) is 8.42 Å². The van der Waals surface area contributed by atoms with Crippen molar-refractivity contribution in [1.82, 2.24) is 9.21 Å². The standard InChI is InChI=1S/C20H21N3O5S/c1-22(12-16-14-27-18-5-3-4-6-19(18)28-16)20(24)13-23(2)29(25,26)17-9-7-15(11-21)8-10-17/h3-10,16H,12-14H2,1-2H3. The van der Waals surface area contributed by atoms with Gasteiger partial charge < -0.3 is 14.4 Å². The lowest BCUT2D eigenvalue weighted by molar-refractivity contribution is -0.131. The lowest BCUT2D eigenvalue weighted by Crippen LogP contribution is -2.45. The smallest absolute Gasteiger partial charge is 0.243 e. The van der Waals surface area contributed by atoms with Crippen molar-refractivity contribution in [2.45, 2.75) is 11.0 Å². The first-order chi connectivity index (χ1) is 13.8. The Morgan fingerprint density at radius 1 is 1.14 bits per heavy atom. The molecule has 1 atom stereocenters. The van der Waals surface area contributed by atoms with Crippen LogP contribution in [-0.2, 0) is 14.8 Å². The Morgan fingerprint density at radius 3 is 2.45 bits per heavy atom. The molecule has 0 spiro atoms. The fourth-order valence-corrected chi connectivity index (χ4v) is 3.96. The molecule has 29 heavy (non-hydrogen) atoms. The Hall–Kier alpha value is -3.09. The number of carbonyl (C=O) groups excluding carboxylic acids is 1. The van der Waals surface area contributed by atoms with Crippen molar-refractivity contribution < 1.29 is 22.7 Å². The lowest BCUT2D eigenvalue weighted by atomic mass is 10.2. The summed E-state index contributed by atoms with van der Waals surface area (Å²) in [5.74, 6) is 0.906. The van der Waals surface area contributed by atoms with Crippen LogP contribution in [0.2, 0.25) is 0 Å². The number of rotatable bonds is 6. The fraction of sp³-hybridized carbons (Fsp3) is 0.300. The molecule has 1 unspecified atom stereocenters. The van der Waals surface area contributed by atoms with Crippen molar-refractivity contribution in [1.29, 1.82) is 5.26 Å². The summed E-state index contributed by atoms with van der Waals surface area (Å²) < 4.78 is 37.8. The minimum absolute atomic E-state index is 0.0232. The fourth-order valence-electron chi connectivity index (χ4n) is 2.84. The zero-order chi connectivity index (χ0) is 21.0. The second-order valence-corrected chi connectivity index (χ2v) is 8.71. The average molecular weight is 415 g/mol. The predicted octanol–water partition coefficient (Wildman–Crippen LogP) is 1.48. The van der Waals surface area contributed by atoms with E-state index in [1.807, 2.05) is 24.3 Å². The number of sulfonamides is 1. The van der Waals surface area contributed by atoms with Crippen LogP contribution in [0.5, 0.6) is 11.5 Å². The quantitative estimate of drug-likeness (QED) is 0.708. The molecule has 2 aromatic rings. The van der Waals surface area contributed by atoms with Gasteiger partial charge in [-0.1, -0.05) is 12.1 Å². The molecule has 0 aromatic heterocycles. The van der Waals surface area contributed by atoms with E-state index in [0.717, 1.165) is 4.31 Å². The van der Waals surface area contributed by atoms with E-state index in [4.69, 9.17) is 14.7 Å². The van der Waals surface area contributed by atoms with Crippen LogP contribution in [0.15, 0.2) is 53.4 Å². The van der Waals surface area contributed by atoms with Crippen LogP contribution in [0.3, 0.4) is 0 Å². The van der Waals surface area contributed by atoms with Crippen LogP contribution in [0.4, 0.5) is 0 Å². The summed E-state index contributed by atoms with van der Waals surface area (Å²) in [5, 5.41) is 8.83. The third-order valence-corrected chi connectivity index (χ3v) is 6.34. The van der Waals surface area contributed by atoms with Crippen LogP contribution in [-0.4, -0.2) is 63.4 Å². The van der Waals surface area contributed by atoms with Crippen LogP contribution in [0, 0.1) is 11.3 Å². The summed E-state index contributed by atoms with van der Waals surface area (Å²) in [6.07, 6.45) is -0.348. The second kappa shape index (κ2) is 8.51. The van der Waals surface area contributed by atoms with Gasteiger partial charge in [0, 0.05) is 14.1 Å². The van der Waals surface area contributed by atoms with E-state index in [9.17, 15) is 13.2 Å². The van der Waals surface area contributed by atoms with E-state index in [1.165, 1.54) is 36.2 Å². The Morgan fingerprint density at radius 2 is 1.79 bits per heavy atom. The molecule has 1 aliphatic heterocycles. The first-order valence-electron chi connectivity index (χ1n) is 8.90. The average Bonchev–Trinajstić information content (AvgIpc) is 2.73. The van der Waals surface area contributed by atoms with E-state index >= 15 is 0 Å². The largest absolute Gasteiger partial charge is 0.486 e. The maximum absolute atomic E-state index is 12.6. The number of benzene rings is 2. The minimum Gasteiger partial charge on any atom is -0.486 e. The van der Waals surface area contributed by atoms with Crippen LogP contribution in [0.1, 0.15) is 5.56 Å². The maximum Gasteiger partial charge on any atom is 0.243 e. The van der Waals surface area contributed by atoms with Crippen molar-refractivity contribution in [3.05, 3.63) is 54.1 Å². The molecule has 0 N–H and O–H groups in total. The van der Waals surface area contributed by atoms with Crippen molar-refractivity contribution in [2.75, 3.05) is 33.8 Å². The molecule has 8 nitrogen and oxygen atoms in total. The summed E-state index contributed by atoms with van der Waals surface area (Å²) in [7, 11) is -0.910. The number of carbonyl (C=O) groups is 1. The van der Waals surface area contributed by atoms with Gasteiger partial charge in [-0.15, -0.1) is 0 Å². The molecule has 152 valence electrons. The number of fused-ring (bicyclic) bond motifs is 1. The van der Waals surface area contributed by atoms with E-state index in [-0.39, 0.29) is 30.0 Å². The summed E-state index contributed by atoms with van der Waals surface area (Å²) in [6.45, 7) is 0.245. The third-order valence-electron chi connectivity index (χ3n) is 4.52. The molecule has 2 aromatic carbocycles. The van der Waals surface area contributed by atoms with Crippen LogP contribution < -0.4 is 9.47 Å². The molecule has 0 bridgehead atoms. The predicted molar refractivity (Wildman–Crippen MR) is 105 cm³/mol. The number of nitrogens with zero attached hydrogens (tertiary/aromatic N) is 3. The van der Waals surface area contributed by atoms with E-state index in [2.05, 4.69) is 0 Å². The lowest BCUT2D eigenvalue weighted by Gasteiger charge is -2.30. The highest BCUT2D eigenvalue weighted by atomic mass is 32.2. The highest BCUT2D eigenvalue weighted by Crippen LogP contribution is 2.31. The van der Waals surface area contributed by atoms with Crippen LogP contribution in [0.25, 0.3) is 0 Å². The molecule has 0 saturated carbocycles. The van der Waals surface area contributed by atoms with E-state index in [1.54, 1.807) is 13.1 Å². The Labute approximate surface area is 169 Å². The van der Waals surface area contributed by atoms with Crippen molar-refractivity contribution in [2.24, 2.45) is 0 Å². The molecule has 1 heterocycles. The van der Waals surface area contributed by atoms with Gasteiger partial charge in [0.05, 0.1) is 29.6 Å². The van der Waals surface area contributed by atoms with Gasteiger partial charge in [0.2, 0.25) is 15.9 Å². The van der Waals surface area contributed by atoms with E-state index < -0.39 is 10.0 Å². The number of hydrogen-bond donors (Lipinski definition) is 0. The van der Waals surface area contributed by atoms with Crippen molar-refractivity contribution in [3.8, 4) is 17.6 Å². The van der Waals surface area contributed by atoms with Gasteiger partial charge in [0.25, 0.3) is 0 Å². The molecule has 9 heteroatoms. The van der Waals surface area contributed by atoms with Gasteiger partial charge in [-0.05, 0) is 36.4 Å². The van der Waals surface area contributed by atoms with Crippen molar-refractivity contribution in [3.63, 3.8) is 0 Å². The number of ether oxygens (including phenoxy) is 2. The normalized spacial score (nSPS) is 15.6. The van der Waals surface area contributed by atoms with Crippen LogP contribution >= 0.6 is 0 Å². The minimum atomic E-state index is -3.85. The highest BCUT2D eigenvalue weighted by molar-refractivity contribution is 7.89. The molecule has 0 aliphatic carbocycles. The number of nitriles is 1. The highest BCUT2D eigenvalue weighted by Gasteiger charge is 2.27. The molecule has 0 saturated heterocycles. The van der Waals surface area contributed by atoms with E-state index in [0.29, 0.717) is 23.7 Å². The number of likely N-dealkylation sites (N-methyl/N-ethyl adjacent to an activating group) is 2. The summed E-state index contributed by atoms with van der Waals surface area (Å²) in [6, 6.07) is 14.8. The van der Waals surface area contributed by atoms with Gasteiger partial charge in [0.15, 0.2) is 17.6 Å². The molecule has 1 amide bonds. The first kappa shape index (κ1) is 20.6. The van der Waals surface area contributed by atoms with Gasteiger partial charge in [-0.2, -0.15) is 9.57 Å². The zero-order valence-electron chi connectivity index (χ0n) is 16.1. The third kappa shape index (κ3) is 4.67. The van der Waals surface area contributed by atoms with Gasteiger partial charge in [0.1, 0.15) is 6.61 Å². The molecular formula is C20H21N3O5S. The maximum atomic E-state index is 12.6. The number of para-hydroxylation sites is 2. The first-order valence-corrected chi connectivity index (χ1v) is 10.3. The molecule has 3 rings (SSSR count). The number of hydrogen-bond acceptors (Lipinski definition) is 6. The second-order valence-electron chi connectivity index (χ2n) is 6.67. The molecule has 0 radical (unpaired) electrons. The zero-order valence-corrected chi connectivity index (χ0v) is 16.9. The summed E-state index contributed by atoms with van der Waals surface area (Å²) >= 11 is 0. The monoisotopic (exact) mass is 415 g/mol. The number of amides is 1. The SMILES string of the molecule is CN(CC1COc2ccccc2O1)C(=O)CN(C)S(=O)(=O)c1ccc(C#N)cc1. The van der Waals surface area contributed by atoms with Crippen molar-refractivity contribution >= 4 is 15.9 Å². The Kier molecular flexibility index (Phi) is 6.06. The summed E-state index contributed by atoms with van der Waals surface area (Å²) in [5.41, 5.74) is 0.360. The summed E-state index contributed by atoms with van der Waals surface area (Å²) in [4.78, 5) is 14.0. The van der Waals surface area contributed by atoms with Gasteiger partial charge in [-0.3, -0.25) is 4.79 Å². The van der Waals surface area contributed by atoms with Gasteiger partial charge >= 0.3 is 0 Å². The Bertz CT molecular complexity index is 1030. The topological polar surface area (TPSA) is 99.9 Å². The Balaban J connectivity index is 1.59.